The van der Waals surface area contributed by atoms with Crippen molar-refractivity contribution in [3.63, 3.8) is 0 Å². The number of aliphatic imine (C=N–C) groups is 1. The lowest BCUT2D eigenvalue weighted by Gasteiger charge is -2.19. The second-order valence-electron chi connectivity index (χ2n) is 7.93. The predicted octanol–water partition coefficient (Wildman–Crippen LogP) is 3.61. The average molecular weight is 416 g/mol. The third kappa shape index (κ3) is 6.76. The van der Waals surface area contributed by atoms with Crippen LogP contribution in [0, 0.1) is 19.8 Å². The van der Waals surface area contributed by atoms with Gasteiger partial charge in [-0.05, 0) is 44.4 Å². The summed E-state index contributed by atoms with van der Waals surface area (Å²) in [7, 11) is 3.49. The van der Waals surface area contributed by atoms with Gasteiger partial charge in [0.2, 0.25) is 0 Å². The van der Waals surface area contributed by atoms with Gasteiger partial charge in [-0.2, -0.15) is 5.10 Å². The summed E-state index contributed by atoms with van der Waals surface area (Å²) < 4.78 is 12.9. The van der Waals surface area contributed by atoms with Gasteiger partial charge in [-0.3, -0.25) is 9.67 Å². The molecule has 0 radical (unpaired) electrons. The van der Waals surface area contributed by atoms with Gasteiger partial charge in [0, 0.05) is 32.0 Å². The highest BCUT2D eigenvalue weighted by atomic mass is 16.5. The monoisotopic (exact) mass is 415 g/mol. The van der Waals surface area contributed by atoms with Crippen LogP contribution in [0.5, 0.6) is 5.75 Å². The highest BCUT2D eigenvalue weighted by Gasteiger charge is 2.13. The van der Waals surface area contributed by atoms with Crippen molar-refractivity contribution < 1.29 is 9.47 Å². The third-order valence-corrected chi connectivity index (χ3v) is 5.01. The molecule has 0 aliphatic rings. The molecule has 0 spiro atoms. The topological polar surface area (TPSA) is 72.7 Å². The Balaban J connectivity index is 1.94. The molecule has 0 amide bonds. The summed E-state index contributed by atoms with van der Waals surface area (Å²) in [6.45, 7) is 13.3. The van der Waals surface area contributed by atoms with Crippen LogP contribution in [-0.4, -0.2) is 43.1 Å². The second-order valence-corrected chi connectivity index (χ2v) is 7.93. The summed E-state index contributed by atoms with van der Waals surface area (Å²) in [6.07, 6.45) is 0. The van der Waals surface area contributed by atoms with E-state index in [9.17, 15) is 0 Å². The smallest absolute Gasteiger partial charge is 0.191 e. The zero-order chi connectivity index (χ0) is 22.1. The Labute approximate surface area is 180 Å². The quantitative estimate of drug-likeness (QED) is 0.458. The molecular formula is C23H37N5O2. The van der Waals surface area contributed by atoms with E-state index in [1.165, 1.54) is 11.1 Å². The molecule has 2 rings (SSSR count). The molecule has 0 fully saturated rings. The number of guanidine groups is 1. The Morgan fingerprint density at radius 2 is 1.87 bits per heavy atom. The number of benzene rings is 1. The van der Waals surface area contributed by atoms with Crippen LogP contribution < -0.4 is 15.4 Å². The highest BCUT2D eigenvalue weighted by Crippen LogP contribution is 2.18. The summed E-state index contributed by atoms with van der Waals surface area (Å²) in [5.74, 6) is 2.17. The summed E-state index contributed by atoms with van der Waals surface area (Å²) in [4.78, 5) is 4.37. The third-order valence-electron chi connectivity index (χ3n) is 5.01. The lowest BCUT2D eigenvalue weighted by atomic mass is 10.1. The van der Waals surface area contributed by atoms with E-state index in [1.807, 2.05) is 23.7 Å². The molecule has 0 saturated carbocycles. The van der Waals surface area contributed by atoms with Gasteiger partial charge in [-0.1, -0.05) is 26.0 Å². The molecular weight excluding hydrogens is 378 g/mol. The maximum Gasteiger partial charge on any atom is 0.191 e. The number of aromatic nitrogens is 2. The van der Waals surface area contributed by atoms with Crippen LogP contribution in [0.15, 0.2) is 29.3 Å². The number of rotatable bonds is 10. The van der Waals surface area contributed by atoms with Gasteiger partial charge < -0.3 is 20.1 Å². The van der Waals surface area contributed by atoms with Crippen molar-refractivity contribution in [2.75, 3.05) is 27.4 Å². The maximum absolute atomic E-state index is 5.77. The first-order valence-corrected chi connectivity index (χ1v) is 10.6. The van der Waals surface area contributed by atoms with E-state index in [0.29, 0.717) is 19.1 Å². The van der Waals surface area contributed by atoms with E-state index in [2.05, 4.69) is 60.6 Å². The van der Waals surface area contributed by atoms with Crippen molar-refractivity contribution in [3.05, 3.63) is 46.8 Å². The molecule has 2 aromatic rings. The van der Waals surface area contributed by atoms with Gasteiger partial charge in [0.05, 0.1) is 31.5 Å². The Morgan fingerprint density at radius 1 is 1.17 bits per heavy atom. The van der Waals surface area contributed by atoms with Crippen molar-refractivity contribution in [3.8, 4) is 5.75 Å². The van der Waals surface area contributed by atoms with Gasteiger partial charge >= 0.3 is 0 Å². The van der Waals surface area contributed by atoms with Gasteiger partial charge in [-0.15, -0.1) is 0 Å². The number of ether oxygens (including phenoxy) is 2. The predicted molar refractivity (Wildman–Crippen MR) is 122 cm³/mol. The fraction of sp³-hybridized carbons (Fsp3) is 0.565. The van der Waals surface area contributed by atoms with E-state index in [-0.39, 0.29) is 6.04 Å². The number of hydrogen-bond donors (Lipinski definition) is 2. The van der Waals surface area contributed by atoms with Crippen molar-refractivity contribution in [2.24, 2.45) is 10.9 Å². The summed E-state index contributed by atoms with van der Waals surface area (Å²) in [5.41, 5.74) is 4.54. The van der Waals surface area contributed by atoms with Crippen LogP contribution in [0.2, 0.25) is 0 Å². The fourth-order valence-electron chi connectivity index (χ4n) is 3.16. The molecule has 7 nitrogen and oxygen atoms in total. The van der Waals surface area contributed by atoms with Crippen LogP contribution >= 0.6 is 0 Å². The highest BCUT2D eigenvalue weighted by molar-refractivity contribution is 5.80. The molecule has 2 N–H and O–H groups in total. The van der Waals surface area contributed by atoms with E-state index in [0.717, 1.165) is 36.2 Å². The molecule has 7 heteroatoms. The minimum absolute atomic E-state index is 0.113. The zero-order valence-corrected chi connectivity index (χ0v) is 19.5. The standard InChI is InChI=1S/C23H37N5O2/c1-16(2)15-30-21-10-8-20(9-11-21)17(3)26-23(24-6)25-14-22-18(4)27-28(19(22)5)12-13-29-7/h8-11,16-17H,12-15H2,1-7H3,(H2,24,25,26). The van der Waals surface area contributed by atoms with Crippen molar-refractivity contribution in [1.82, 2.24) is 20.4 Å². The first-order chi connectivity index (χ1) is 14.3. The Morgan fingerprint density at radius 3 is 2.47 bits per heavy atom. The van der Waals surface area contributed by atoms with Crippen molar-refractivity contribution in [1.29, 1.82) is 0 Å². The Hall–Kier alpha value is -2.54. The Kier molecular flexibility index (Phi) is 9.17. The number of nitrogens with zero attached hydrogens (tertiary/aromatic N) is 3. The molecule has 30 heavy (non-hydrogen) atoms. The van der Waals surface area contributed by atoms with Gasteiger partial charge in [0.25, 0.3) is 0 Å². The lowest BCUT2D eigenvalue weighted by Crippen LogP contribution is -2.38. The molecule has 1 unspecified atom stereocenters. The molecule has 1 heterocycles. The van der Waals surface area contributed by atoms with E-state index >= 15 is 0 Å². The largest absolute Gasteiger partial charge is 0.493 e. The van der Waals surface area contributed by atoms with Crippen molar-refractivity contribution in [2.45, 2.75) is 53.8 Å². The first-order valence-electron chi connectivity index (χ1n) is 10.6. The number of methoxy groups -OCH3 is 1. The Bertz CT molecular complexity index is 812. The summed E-state index contributed by atoms with van der Waals surface area (Å²) in [6, 6.07) is 8.34. The first kappa shape index (κ1) is 23.7. The average Bonchev–Trinajstić information content (AvgIpc) is 3.00. The summed E-state index contributed by atoms with van der Waals surface area (Å²) in [5, 5.41) is 11.5. The van der Waals surface area contributed by atoms with E-state index in [1.54, 1.807) is 14.2 Å². The molecule has 1 aromatic heterocycles. The molecule has 1 atom stereocenters. The van der Waals surface area contributed by atoms with E-state index in [4.69, 9.17) is 9.47 Å². The minimum atomic E-state index is 0.113. The maximum atomic E-state index is 5.77. The van der Waals surface area contributed by atoms with Crippen LogP contribution in [0.25, 0.3) is 0 Å². The second kappa shape index (κ2) is 11.6. The SMILES string of the molecule is CN=C(NCc1c(C)nn(CCOC)c1C)NC(C)c1ccc(OCC(C)C)cc1. The molecule has 0 saturated heterocycles. The van der Waals surface area contributed by atoms with Crippen LogP contribution in [0.3, 0.4) is 0 Å². The molecule has 0 aliphatic carbocycles. The molecule has 166 valence electrons. The van der Waals surface area contributed by atoms with Crippen LogP contribution in [-0.2, 0) is 17.8 Å². The van der Waals surface area contributed by atoms with Gasteiger partial charge in [-0.25, -0.2) is 0 Å². The van der Waals surface area contributed by atoms with Crippen LogP contribution in [0.4, 0.5) is 0 Å². The fourth-order valence-corrected chi connectivity index (χ4v) is 3.16. The van der Waals surface area contributed by atoms with Crippen molar-refractivity contribution >= 4 is 5.96 Å². The van der Waals surface area contributed by atoms with Gasteiger partial charge in [0.15, 0.2) is 5.96 Å². The van der Waals surface area contributed by atoms with Gasteiger partial charge in [0.1, 0.15) is 5.75 Å². The van der Waals surface area contributed by atoms with E-state index < -0.39 is 0 Å². The molecule has 0 bridgehead atoms. The zero-order valence-electron chi connectivity index (χ0n) is 19.5. The number of nitrogens with one attached hydrogen (secondary N) is 2. The molecule has 0 aliphatic heterocycles. The normalized spacial score (nSPS) is 12.9. The minimum Gasteiger partial charge on any atom is -0.493 e. The number of hydrogen-bond acceptors (Lipinski definition) is 4. The number of aryl methyl sites for hydroxylation is 1. The van der Waals surface area contributed by atoms with Crippen LogP contribution in [0.1, 0.15) is 49.3 Å². The summed E-state index contributed by atoms with van der Waals surface area (Å²) >= 11 is 0. The molecule has 1 aromatic carbocycles. The lowest BCUT2D eigenvalue weighted by molar-refractivity contribution is 0.182.